The molecule has 2 fully saturated rings. The SMILES string of the molecule is Cl.Cl.Cl.NC1CCC(CCN2CCN(c3cccc4c3OCO4)CC2)CC1. The maximum Gasteiger partial charge on any atom is 0.231 e. The normalized spacial score (nSPS) is 24.4. The maximum atomic E-state index is 6.01. The van der Waals surface area contributed by atoms with Gasteiger partial charge in [0.1, 0.15) is 0 Å². The van der Waals surface area contributed by atoms with Crippen molar-refractivity contribution >= 4 is 42.9 Å². The molecule has 1 aromatic carbocycles. The van der Waals surface area contributed by atoms with E-state index in [9.17, 15) is 0 Å². The maximum absolute atomic E-state index is 6.01. The number of para-hydroxylation sites is 1. The van der Waals surface area contributed by atoms with Gasteiger partial charge in [-0.1, -0.05) is 6.07 Å². The van der Waals surface area contributed by atoms with Gasteiger partial charge in [0.25, 0.3) is 0 Å². The minimum absolute atomic E-state index is 0. The van der Waals surface area contributed by atoms with E-state index in [0.717, 1.165) is 43.6 Å². The lowest BCUT2D eigenvalue weighted by atomic mass is 9.84. The van der Waals surface area contributed by atoms with Gasteiger partial charge in [-0.2, -0.15) is 0 Å². The molecule has 156 valence electrons. The molecule has 0 atom stereocenters. The van der Waals surface area contributed by atoms with Gasteiger partial charge >= 0.3 is 0 Å². The predicted octanol–water partition coefficient (Wildman–Crippen LogP) is 3.71. The number of halogens is 3. The van der Waals surface area contributed by atoms with Crippen LogP contribution in [0.25, 0.3) is 0 Å². The van der Waals surface area contributed by atoms with Gasteiger partial charge in [0, 0.05) is 32.2 Å². The number of nitrogens with zero attached hydrogens (tertiary/aromatic N) is 2. The number of fused-ring (bicyclic) bond motifs is 1. The van der Waals surface area contributed by atoms with Crippen LogP contribution in [0.4, 0.5) is 5.69 Å². The summed E-state index contributed by atoms with van der Waals surface area (Å²) in [5.74, 6) is 2.70. The van der Waals surface area contributed by atoms with E-state index in [1.807, 2.05) is 6.07 Å². The Morgan fingerprint density at radius 3 is 2.33 bits per heavy atom. The summed E-state index contributed by atoms with van der Waals surface area (Å²) in [7, 11) is 0. The quantitative estimate of drug-likeness (QED) is 0.773. The zero-order valence-electron chi connectivity index (χ0n) is 15.7. The first-order valence-corrected chi connectivity index (χ1v) is 9.41. The minimum Gasteiger partial charge on any atom is -0.454 e. The van der Waals surface area contributed by atoms with Gasteiger partial charge in [-0.05, 0) is 56.7 Å². The molecule has 2 N–H and O–H groups in total. The van der Waals surface area contributed by atoms with Crippen LogP contribution in [0.15, 0.2) is 18.2 Å². The molecule has 4 rings (SSSR count). The highest BCUT2D eigenvalue weighted by molar-refractivity contribution is 5.86. The molecule has 3 aliphatic rings. The monoisotopic (exact) mass is 439 g/mol. The standard InChI is InChI=1S/C19H29N3O2.3ClH/c20-16-6-4-15(5-7-16)8-9-21-10-12-22(13-11-21)17-2-1-3-18-19(17)24-14-23-18;;;/h1-3,15-16H,4-14,20H2;3*1H. The summed E-state index contributed by atoms with van der Waals surface area (Å²) < 4.78 is 11.2. The number of benzene rings is 1. The van der Waals surface area contributed by atoms with Crippen LogP contribution in [-0.2, 0) is 0 Å². The number of ether oxygens (including phenoxy) is 2. The third-order valence-electron chi connectivity index (χ3n) is 5.83. The van der Waals surface area contributed by atoms with E-state index in [1.165, 1.54) is 44.3 Å². The number of hydrogen-bond acceptors (Lipinski definition) is 5. The average molecular weight is 441 g/mol. The van der Waals surface area contributed by atoms with Gasteiger partial charge in [0.05, 0.1) is 5.69 Å². The highest BCUT2D eigenvalue weighted by Crippen LogP contribution is 2.41. The second-order valence-electron chi connectivity index (χ2n) is 7.41. The molecule has 0 unspecified atom stereocenters. The second-order valence-corrected chi connectivity index (χ2v) is 7.41. The fraction of sp³-hybridized carbons (Fsp3) is 0.684. The summed E-state index contributed by atoms with van der Waals surface area (Å²) in [6.45, 7) is 5.98. The van der Waals surface area contributed by atoms with E-state index in [4.69, 9.17) is 15.2 Å². The Balaban J connectivity index is 0.00000121. The minimum atomic E-state index is 0. The lowest BCUT2D eigenvalue weighted by molar-refractivity contribution is 0.173. The van der Waals surface area contributed by atoms with Crippen molar-refractivity contribution in [3.8, 4) is 11.5 Å². The van der Waals surface area contributed by atoms with Crippen molar-refractivity contribution in [2.75, 3.05) is 44.4 Å². The van der Waals surface area contributed by atoms with Crippen LogP contribution in [0.5, 0.6) is 11.5 Å². The van der Waals surface area contributed by atoms with Crippen LogP contribution in [0.2, 0.25) is 0 Å². The van der Waals surface area contributed by atoms with Crippen LogP contribution in [0, 0.1) is 5.92 Å². The van der Waals surface area contributed by atoms with E-state index >= 15 is 0 Å². The second kappa shape index (κ2) is 11.4. The molecule has 27 heavy (non-hydrogen) atoms. The fourth-order valence-electron chi connectivity index (χ4n) is 4.22. The molecule has 0 aromatic heterocycles. The Morgan fingerprint density at radius 1 is 0.926 bits per heavy atom. The first-order chi connectivity index (χ1) is 11.8. The van der Waals surface area contributed by atoms with E-state index in [1.54, 1.807) is 0 Å². The molecule has 5 nitrogen and oxygen atoms in total. The summed E-state index contributed by atoms with van der Waals surface area (Å²) in [5.41, 5.74) is 7.20. The molecular formula is C19H32Cl3N3O2. The zero-order chi connectivity index (χ0) is 16.4. The van der Waals surface area contributed by atoms with Crippen molar-refractivity contribution in [2.45, 2.75) is 38.1 Å². The molecular weight excluding hydrogens is 409 g/mol. The van der Waals surface area contributed by atoms with Gasteiger partial charge in [0.2, 0.25) is 6.79 Å². The molecule has 0 amide bonds. The summed E-state index contributed by atoms with van der Waals surface area (Å²) in [6, 6.07) is 6.65. The van der Waals surface area contributed by atoms with Crippen molar-refractivity contribution in [1.29, 1.82) is 0 Å². The van der Waals surface area contributed by atoms with Gasteiger partial charge < -0.3 is 20.1 Å². The van der Waals surface area contributed by atoms with Crippen molar-refractivity contribution in [2.24, 2.45) is 11.7 Å². The van der Waals surface area contributed by atoms with Gasteiger partial charge in [-0.3, -0.25) is 4.90 Å². The zero-order valence-corrected chi connectivity index (χ0v) is 18.1. The topological polar surface area (TPSA) is 51.0 Å². The summed E-state index contributed by atoms with van der Waals surface area (Å²) in [5, 5.41) is 0. The predicted molar refractivity (Wildman–Crippen MR) is 118 cm³/mol. The molecule has 1 aliphatic carbocycles. The number of hydrogen-bond donors (Lipinski definition) is 1. The average Bonchev–Trinajstić information content (AvgIpc) is 3.10. The summed E-state index contributed by atoms with van der Waals surface area (Å²) in [6.07, 6.45) is 6.44. The molecule has 2 aliphatic heterocycles. The van der Waals surface area contributed by atoms with Crippen LogP contribution in [-0.4, -0.2) is 50.5 Å². The lowest BCUT2D eigenvalue weighted by Gasteiger charge is -2.37. The van der Waals surface area contributed by atoms with Crippen LogP contribution >= 0.6 is 37.2 Å². The Kier molecular flexibility index (Phi) is 10.3. The summed E-state index contributed by atoms with van der Waals surface area (Å²) in [4.78, 5) is 5.05. The number of nitrogens with two attached hydrogens (primary N) is 1. The van der Waals surface area contributed by atoms with E-state index < -0.39 is 0 Å². The highest BCUT2D eigenvalue weighted by Gasteiger charge is 2.25. The largest absolute Gasteiger partial charge is 0.454 e. The first kappa shape index (κ1) is 24.4. The van der Waals surface area contributed by atoms with E-state index in [-0.39, 0.29) is 37.2 Å². The van der Waals surface area contributed by atoms with Gasteiger partial charge in [-0.15, -0.1) is 37.2 Å². The van der Waals surface area contributed by atoms with Crippen LogP contribution in [0.3, 0.4) is 0 Å². The Bertz CT molecular complexity index is 563. The van der Waals surface area contributed by atoms with E-state index in [0.29, 0.717) is 12.8 Å². The lowest BCUT2D eigenvalue weighted by Crippen LogP contribution is -2.47. The molecule has 8 heteroatoms. The highest BCUT2D eigenvalue weighted by atomic mass is 35.5. The van der Waals surface area contributed by atoms with E-state index in [2.05, 4.69) is 21.9 Å². The molecule has 1 aromatic rings. The summed E-state index contributed by atoms with van der Waals surface area (Å²) >= 11 is 0. The van der Waals surface area contributed by atoms with Crippen molar-refractivity contribution < 1.29 is 9.47 Å². The van der Waals surface area contributed by atoms with Gasteiger partial charge in [-0.25, -0.2) is 0 Å². The molecule has 0 bridgehead atoms. The first-order valence-electron chi connectivity index (χ1n) is 9.41. The smallest absolute Gasteiger partial charge is 0.231 e. The Labute approximate surface area is 181 Å². The molecule has 0 radical (unpaired) electrons. The van der Waals surface area contributed by atoms with Crippen molar-refractivity contribution in [1.82, 2.24) is 4.90 Å². The Hall–Kier alpha value is -0.590. The van der Waals surface area contributed by atoms with Gasteiger partial charge in [0.15, 0.2) is 11.5 Å². The molecule has 1 saturated heterocycles. The molecule has 2 heterocycles. The fourth-order valence-corrected chi connectivity index (χ4v) is 4.22. The number of rotatable bonds is 4. The molecule has 0 spiro atoms. The van der Waals surface area contributed by atoms with Crippen LogP contribution < -0.4 is 20.1 Å². The third kappa shape index (κ3) is 5.94. The Morgan fingerprint density at radius 2 is 1.63 bits per heavy atom. The molecule has 1 saturated carbocycles. The van der Waals surface area contributed by atoms with Crippen molar-refractivity contribution in [3.05, 3.63) is 18.2 Å². The number of piperazine rings is 1. The van der Waals surface area contributed by atoms with Crippen LogP contribution in [0.1, 0.15) is 32.1 Å². The third-order valence-corrected chi connectivity index (χ3v) is 5.83. The number of anilines is 1. The van der Waals surface area contributed by atoms with Crippen molar-refractivity contribution in [3.63, 3.8) is 0 Å².